The van der Waals surface area contributed by atoms with Gasteiger partial charge in [-0.1, -0.05) is 12.1 Å². The lowest BCUT2D eigenvalue weighted by atomic mass is 10.1. The predicted octanol–water partition coefficient (Wildman–Crippen LogP) is 4.79. The van der Waals surface area contributed by atoms with E-state index in [1.165, 1.54) is 13.2 Å². The summed E-state index contributed by atoms with van der Waals surface area (Å²) in [6.45, 7) is 0. The Labute approximate surface area is 162 Å². The van der Waals surface area contributed by atoms with E-state index in [0.717, 1.165) is 6.20 Å². The second kappa shape index (κ2) is 7.39. The second-order valence-corrected chi connectivity index (χ2v) is 7.58. The molecule has 0 radical (unpaired) electrons. The Morgan fingerprint density at radius 1 is 1.03 bits per heavy atom. The molecule has 0 aliphatic rings. The van der Waals surface area contributed by atoms with Crippen molar-refractivity contribution in [2.45, 2.75) is 11.1 Å². The second-order valence-electron chi connectivity index (χ2n) is 5.90. The molecule has 2 N–H and O–H groups in total. The molecule has 0 saturated carbocycles. The maximum atomic E-state index is 13.9. The number of nitrogens with one attached hydrogen (secondary N) is 2. The molecule has 0 fully saturated rings. The SMILES string of the molecule is COc1cccc(-c2cc(S(=O)(=O)Nc3cc(F)c(C(F)(F)F)cc3F)c[nH]2)c1. The lowest BCUT2D eigenvalue weighted by Gasteiger charge is -2.12. The number of hydrogen-bond donors (Lipinski definition) is 2. The number of sulfonamides is 1. The first-order valence-corrected chi connectivity index (χ1v) is 9.41. The minimum absolute atomic E-state index is 0.105. The largest absolute Gasteiger partial charge is 0.497 e. The average Bonchev–Trinajstić information content (AvgIpc) is 3.14. The number of benzene rings is 2. The number of hydrogen-bond acceptors (Lipinski definition) is 3. The van der Waals surface area contributed by atoms with Crippen LogP contribution in [-0.2, 0) is 16.2 Å². The van der Waals surface area contributed by atoms with Crippen LogP contribution in [0.15, 0.2) is 53.6 Å². The van der Waals surface area contributed by atoms with E-state index in [0.29, 0.717) is 17.0 Å². The molecule has 29 heavy (non-hydrogen) atoms. The van der Waals surface area contributed by atoms with Crippen LogP contribution >= 0.6 is 0 Å². The lowest BCUT2D eigenvalue weighted by Crippen LogP contribution is -2.15. The number of aromatic amines is 1. The maximum absolute atomic E-state index is 13.9. The van der Waals surface area contributed by atoms with Gasteiger partial charge in [-0.25, -0.2) is 17.2 Å². The Morgan fingerprint density at radius 3 is 2.41 bits per heavy atom. The third-order valence-electron chi connectivity index (χ3n) is 3.95. The van der Waals surface area contributed by atoms with Crippen LogP contribution < -0.4 is 9.46 Å². The van der Waals surface area contributed by atoms with Crippen LogP contribution in [0.2, 0.25) is 0 Å². The van der Waals surface area contributed by atoms with Gasteiger partial charge in [-0.3, -0.25) is 4.72 Å². The van der Waals surface area contributed by atoms with Gasteiger partial charge in [0, 0.05) is 23.5 Å². The van der Waals surface area contributed by atoms with Gasteiger partial charge in [-0.15, -0.1) is 0 Å². The van der Waals surface area contributed by atoms with E-state index < -0.39 is 39.1 Å². The number of aromatic nitrogens is 1. The Balaban J connectivity index is 1.91. The zero-order chi connectivity index (χ0) is 21.4. The molecular formula is C18H13F5N2O3S. The van der Waals surface area contributed by atoms with Gasteiger partial charge < -0.3 is 9.72 Å². The van der Waals surface area contributed by atoms with Crippen molar-refractivity contribution < 1.29 is 35.1 Å². The zero-order valence-corrected chi connectivity index (χ0v) is 15.5. The van der Waals surface area contributed by atoms with Gasteiger partial charge in [-0.2, -0.15) is 13.2 Å². The minimum Gasteiger partial charge on any atom is -0.497 e. The molecule has 0 saturated heterocycles. The smallest absolute Gasteiger partial charge is 0.419 e. The summed E-state index contributed by atoms with van der Waals surface area (Å²) in [7, 11) is -2.94. The fourth-order valence-corrected chi connectivity index (χ4v) is 3.58. The molecule has 0 aliphatic carbocycles. The highest BCUT2D eigenvalue weighted by Crippen LogP contribution is 2.34. The number of methoxy groups -OCH3 is 1. The number of H-pyrrole nitrogens is 1. The topological polar surface area (TPSA) is 71.2 Å². The van der Waals surface area contributed by atoms with E-state index in [1.54, 1.807) is 29.0 Å². The number of anilines is 1. The van der Waals surface area contributed by atoms with Crippen LogP contribution in [0.4, 0.5) is 27.6 Å². The molecule has 1 aromatic heterocycles. The van der Waals surface area contributed by atoms with Crippen molar-refractivity contribution in [2.75, 3.05) is 11.8 Å². The van der Waals surface area contributed by atoms with Gasteiger partial charge in [0.2, 0.25) is 0 Å². The fraction of sp³-hybridized carbons (Fsp3) is 0.111. The van der Waals surface area contributed by atoms with Crippen LogP contribution in [-0.4, -0.2) is 20.5 Å². The summed E-state index contributed by atoms with van der Waals surface area (Å²) >= 11 is 0. The molecule has 0 unspecified atom stereocenters. The first kappa shape index (κ1) is 20.6. The summed E-state index contributed by atoms with van der Waals surface area (Å²) in [6, 6.07) is 7.96. The molecule has 3 aromatic rings. The van der Waals surface area contributed by atoms with Crippen molar-refractivity contribution in [3.05, 3.63) is 65.9 Å². The van der Waals surface area contributed by atoms with Crippen LogP contribution in [0.1, 0.15) is 5.56 Å². The van der Waals surface area contributed by atoms with E-state index in [1.807, 2.05) is 0 Å². The predicted molar refractivity (Wildman–Crippen MR) is 94.9 cm³/mol. The van der Waals surface area contributed by atoms with E-state index in [4.69, 9.17) is 4.74 Å². The molecule has 5 nitrogen and oxygen atoms in total. The van der Waals surface area contributed by atoms with Crippen molar-refractivity contribution in [2.24, 2.45) is 0 Å². The standard InChI is InChI=1S/C18H13F5N2O3S/c1-28-11-4-2-3-10(5-11)16-6-12(9-24-16)29(26,27)25-17-8-14(19)13(7-15(17)20)18(21,22)23/h2-9,24-25H,1H3. The van der Waals surface area contributed by atoms with E-state index in [-0.39, 0.29) is 17.0 Å². The fourth-order valence-electron chi connectivity index (χ4n) is 2.53. The first-order valence-electron chi connectivity index (χ1n) is 7.93. The van der Waals surface area contributed by atoms with Gasteiger partial charge in [0.15, 0.2) is 0 Å². The summed E-state index contributed by atoms with van der Waals surface area (Å²) in [5, 5.41) is 0. The number of ether oxygens (including phenoxy) is 1. The summed E-state index contributed by atoms with van der Waals surface area (Å²) in [5.74, 6) is -2.84. The average molecular weight is 432 g/mol. The number of alkyl halides is 3. The van der Waals surface area contributed by atoms with E-state index in [2.05, 4.69) is 4.98 Å². The van der Waals surface area contributed by atoms with Crippen LogP contribution in [0.5, 0.6) is 5.75 Å². The Bertz CT molecular complexity index is 1160. The molecule has 0 spiro atoms. The molecule has 11 heteroatoms. The molecule has 0 bridgehead atoms. The molecule has 2 aromatic carbocycles. The minimum atomic E-state index is -5.12. The molecule has 0 aliphatic heterocycles. The van der Waals surface area contributed by atoms with Crippen molar-refractivity contribution in [1.82, 2.24) is 4.98 Å². The van der Waals surface area contributed by atoms with E-state index in [9.17, 15) is 30.4 Å². The zero-order valence-electron chi connectivity index (χ0n) is 14.6. The third-order valence-corrected chi connectivity index (χ3v) is 5.30. The van der Waals surface area contributed by atoms with Gasteiger partial charge in [0.05, 0.1) is 18.4 Å². The summed E-state index contributed by atoms with van der Waals surface area (Å²) in [5.41, 5.74) is -1.79. The number of rotatable bonds is 5. The molecule has 0 amide bonds. The summed E-state index contributed by atoms with van der Waals surface area (Å²) in [4.78, 5) is 2.40. The lowest BCUT2D eigenvalue weighted by molar-refractivity contribution is -0.140. The molecule has 1 heterocycles. The highest BCUT2D eigenvalue weighted by molar-refractivity contribution is 7.92. The monoisotopic (exact) mass is 432 g/mol. The van der Waals surface area contributed by atoms with Gasteiger partial charge in [0.1, 0.15) is 22.3 Å². The van der Waals surface area contributed by atoms with Crippen molar-refractivity contribution in [1.29, 1.82) is 0 Å². The highest BCUT2D eigenvalue weighted by Gasteiger charge is 2.35. The van der Waals surface area contributed by atoms with Gasteiger partial charge >= 0.3 is 6.18 Å². The molecule has 3 rings (SSSR count). The first-order chi connectivity index (χ1) is 13.5. The summed E-state index contributed by atoms with van der Waals surface area (Å²) in [6.07, 6.45) is -4.01. The maximum Gasteiger partial charge on any atom is 0.419 e. The quantitative estimate of drug-likeness (QED) is 0.570. The van der Waals surface area contributed by atoms with Crippen molar-refractivity contribution in [3.8, 4) is 17.0 Å². The van der Waals surface area contributed by atoms with Gasteiger partial charge in [-0.05, 0) is 24.3 Å². The van der Waals surface area contributed by atoms with Crippen molar-refractivity contribution in [3.63, 3.8) is 0 Å². The Hall–Kier alpha value is -3.08. The molecule has 0 atom stereocenters. The van der Waals surface area contributed by atoms with Crippen molar-refractivity contribution >= 4 is 15.7 Å². The normalized spacial score (nSPS) is 12.1. The van der Waals surface area contributed by atoms with Crippen LogP contribution in [0, 0.1) is 11.6 Å². The van der Waals surface area contributed by atoms with Crippen LogP contribution in [0.25, 0.3) is 11.3 Å². The highest BCUT2D eigenvalue weighted by atomic mass is 32.2. The number of halogens is 5. The van der Waals surface area contributed by atoms with E-state index >= 15 is 0 Å². The third kappa shape index (κ3) is 4.34. The van der Waals surface area contributed by atoms with Crippen LogP contribution in [0.3, 0.4) is 0 Å². The molecule has 154 valence electrons. The van der Waals surface area contributed by atoms with Gasteiger partial charge in [0.25, 0.3) is 10.0 Å². The Morgan fingerprint density at radius 2 is 1.76 bits per heavy atom. The summed E-state index contributed by atoms with van der Waals surface area (Å²) < 4.78 is 97.2. The molecular weight excluding hydrogens is 419 g/mol. The Kier molecular flexibility index (Phi) is 5.26.